The second kappa shape index (κ2) is 7.33. The zero-order chi connectivity index (χ0) is 17.7. The van der Waals surface area contributed by atoms with Crippen molar-refractivity contribution in [2.75, 3.05) is 6.54 Å². The van der Waals surface area contributed by atoms with Crippen LogP contribution in [0.15, 0.2) is 30.3 Å². The highest BCUT2D eigenvalue weighted by atomic mass is 16.6. The van der Waals surface area contributed by atoms with Gasteiger partial charge in [0.15, 0.2) is 0 Å². The molecular weight excluding hydrogens is 310 g/mol. The van der Waals surface area contributed by atoms with E-state index in [-0.39, 0.29) is 5.91 Å². The number of amides is 3. The summed E-state index contributed by atoms with van der Waals surface area (Å²) in [4.78, 5) is 35.8. The van der Waals surface area contributed by atoms with Crippen LogP contribution in [-0.4, -0.2) is 42.1 Å². The molecule has 0 aromatic heterocycles. The van der Waals surface area contributed by atoms with Crippen molar-refractivity contribution in [3.05, 3.63) is 35.9 Å². The van der Waals surface area contributed by atoms with Gasteiger partial charge in [-0.2, -0.15) is 0 Å². The predicted molar refractivity (Wildman–Crippen MR) is 88.2 cm³/mol. The summed E-state index contributed by atoms with van der Waals surface area (Å²) in [5.41, 5.74) is 0.234. The number of alkyl carbamates (subject to hydrolysis) is 1. The van der Waals surface area contributed by atoms with E-state index in [0.29, 0.717) is 13.0 Å². The average molecular weight is 333 g/mol. The van der Waals surface area contributed by atoms with Gasteiger partial charge in [-0.3, -0.25) is 9.59 Å². The first kappa shape index (κ1) is 17.8. The summed E-state index contributed by atoms with van der Waals surface area (Å²) < 4.78 is 5.21. The van der Waals surface area contributed by atoms with E-state index in [0.717, 1.165) is 5.56 Å². The Bertz CT molecular complexity index is 610. The highest BCUT2D eigenvalue weighted by Crippen LogP contribution is 2.09. The summed E-state index contributed by atoms with van der Waals surface area (Å²) in [5, 5.41) is 7.78. The molecule has 130 valence electrons. The lowest BCUT2D eigenvalue weighted by atomic mass is 10.0. The number of ether oxygens (including phenoxy) is 1. The molecule has 0 bridgehead atoms. The van der Waals surface area contributed by atoms with E-state index in [4.69, 9.17) is 4.74 Å². The van der Waals surface area contributed by atoms with Gasteiger partial charge in [0, 0.05) is 13.0 Å². The Morgan fingerprint density at radius 2 is 1.96 bits per heavy atom. The van der Waals surface area contributed by atoms with Gasteiger partial charge in [0.05, 0.1) is 0 Å². The van der Waals surface area contributed by atoms with Gasteiger partial charge in [-0.15, -0.1) is 0 Å². The zero-order valence-electron chi connectivity index (χ0n) is 14.1. The van der Waals surface area contributed by atoms with E-state index < -0.39 is 29.7 Å². The highest BCUT2D eigenvalue weighted by molar-refractivity contribution is 5.94. The number of β-lactam (4-membered cyclic amide) rings is 1. The summed E-state index contributed by atoms with van der Waals surface area (Å²) in [7, 11) is 0. The van der Waals surface area contributed by atoms with Crippen LogP contribution >= 0.6 is 0 Å². The minimum atomic E-state index is -0.823. The highest BCUT2D eigenvalue weighted by Gasteiger charge is 2.32. The molecule has 0 spiro atoms. The second-order valence-corrected chi connectivity index (χ2v) is 6.69. The largest absolute Gasteiger partial charge is 0.444 e. The van der Waals surface area contributed by atoms with Gasteiger partial charge in [-0.25, -0.2) is 4.79 Å². The van der Waals surface area contributed by atoms with Crippen LogP contribution in [0.25, 0.3) is 0 Å². The van der Waals surface area contributed by atoms with Crippen molar-refractivity contribution in [3.63, 3.8) is 0 Å². The van der Waals surface area contributed by atoms with Crippen molar-refractivity contribution < 1.29 is 19.1 Å². The van der Waals surface area contributed by atoms with E-state index >= 15 is 0 Å². The minimum absolute atomic E-state index is 0.223. The third kappa shape index (κ3) is 5.26. The van der Waals surface area contributed by atoms with Gasteiger partial charge in [0.25, 0.3) is 0 Å². The normalized spacial score (nSPS) is 18.0. The van der Waals surface area contributed by atoms with Gasteiger partial charge in [0.1, 0.15) is 17.7 Å². The molecule has 0 unspecified atom stereocenters. The van der Waals surface area contributed by atoms with Crippen molar-refractivity contribution in [2.24, 2.45) is 0 Å². The summed E-state index contributed by atoms with van der Waals surface area (Å²) >= 11 is 0. The zero-order valence-corrected chi connectivity index (χ0v) is 14.1. The average Bonchev–Trinajstić information content (AvgIpc) is 2.49. The van der Waals surface area contributed by atoms with Crippen LogP contribution in [0.1, 0.15) is 26.3 Å². The van der Waals surface area contributed by atoms with Gasteiger partial charge in [0.2, 0.25) is 11.8 Å². The Kier molecular flexibility index (Phi) is 5.43. The number of nitrogens with one attached hydrogen (secondary N) is 3. The molecule has 3 N–H and O–H groups in total. The maximum Gasteiger partial charge on any atom is 0.408 e. The molecule has 1 aromatic carbocycles. The Morgan fingerprint density at radius 1 is 1.29 bits per heavy atom. The first-order chi connectivity index (χ1) is 11.2. The van der Waals surface area contributed by atoms with Crippen LogP contribution in [-0.2, 0) is 20.7 Å². The van der Waals surface area contributed by atoms with Crippen LogP contribution < -0.4 is 16.0 Å². The lowest BCUT2D eigenvalue weighted by Gasteiger charge is -2.29. The number of carbonyl (C=O) groups is 3. The molecule has 0 saturated carbocycles. The fourth-order valence-corrected chi connectivity index (χ4v) is 2.19. The number of rotatable bonds is 5. The predicted octanol–water partition coefficient (Wildman–Crippen LogP) is 0.737. The van der Waals surface area contributed by atoms with Gasteiger partial charge in [-0.05, 0) is 26.3 Å². The molecule has 2 rings (SSSR count). The van der Waals surface area contributed by atoms with Crippen LogP contribution in [0.5, 0.6) is 0 Å². The van der Waals surface area contributed by atoms with E-state index in [1.165, 1.54) is 0 Å². The SMILES string of the molecule is CC(C)(C)OC(=O)N[C@@H](Cc1ccccc1)C(=O)N[C@H]1CNC1=O. The van der Waals surface area contributed by atoms with Crippen LogP contribution in [0.3, 0.4) is 0 Å². The van der Waals surface area contributed by atoms with Gasteiger partial charge in [-0.1, -0.05) is 30.3 Å². The molecule has 7 heteroatoms. The number of carbonyl (C=O) groups excluding carboxylic acids is 3. The minimum Gasteiger partial charge on any atom is -0.444 e. The summed E-state index contributed by atoms with van der Waals surface area (Å²) in [6, 6.07) is 7.96. The van der Waals surface area contributed by atoms with Gasteiger partial charge >= 0.3 is 6.09 Å². The molecule has 1 fully saturated rings. The molecule has 2 atom stereocenters. The van der Waals surface area contributed by atoms with Crippen molar-refractivity contribution in [1.29, 1.82) is 0 Å². The summed E-state index contributed by atoms with van der Waals surface area (Å²) in [5.74, 6) is -0.636. The number of benzene rings is 1. The maximum atomic E-state index is 12.4. The Labute approximate surface area is 141 Å². The van der Waals surface area contributed by atoms with Gasteiger partial charge < -0.3 is 20.7 Å². The molecule has 1 aromatic rings. The molecule has 1 aliphatic heterocycles. The molecule has 1 saturated heterocycles. The Hall–Kier alpha value is -2.57. The van der Waals surface area contributed by atoms with Crippen LogP contribution in [0, 0.1) is 0 Å². The quantitative estimate of drug-likeness (QED) is 0.692. The topological polar surface area (TPSA) is 96.5 Å². The molecular formula is C17H23N3O4. The molecule has 0 radical (unpaired) electrons. The fraction of sp³-hybridized carbons (Fsp3) is 0.471. The third-order valence-electron chi connectivity index (χ3n) is 3.40. The lowest BCUT2D eigenvalue weighted by molar-refractivity contribution is -0.134. The number of hydrogen-bond donors (Lipinski definition) is 3. The van der Waals surface area contributed by atoms with Crippen molar-refractivity contribution in [3.8, 4) is 0 Å². The third-order valence-corrected chi connectivity index (χ3v) is 3.40. The molecule has 1 aliphatic rings. The van der Waals surface area contributed by atoms with Crippen molar-refractivity contribution in [1.82, 2.24) is 16.0 Å². The molecule has 24 heavy (non-hydrogen) atoms. The molecule has 7 nitrogen and oxygen atoms in total. The van der Waals surface area contributed by atoms with Crippen LogP contribution in [0.2, 0.25) is 0 Å². The van der Waals surface area contributed by atoms with E-state index in [1.807, 2.05) is 30.3 Å². The van der Waals surface area contributed by atoms with Crippen LogP contribution in [0.4, 0.5) is 4.79 Å². The van der Waals surface area contributed by atoms with Crippen molar-refractivity contribution >= 4 is 17.9 Å². The second-order valence-electron chi connectivity index (χ2n) is 6.69. The van der Waals surface area contributed by atoms with E-state index in [1.54, 1.807) is 20.8 Å². The van der Waals surface area contributed by atoms with E-state index in [9.17, 15) is 14.4 Å². The monoisotopic (exact) mass is 333 g/mol. The smallest absolute Gasteiger partial charge is 0.408 e. The number of hydrogen-bond acceptors (Lipinski definition) is 4. The van der Waals surface area contributed by atoms with Crippen molar-refractivity contribution in [2.45, 2.75) is 44.9 Å². The fourth-order valence-electron chi connectivity index (χ4n) is 2.19. The Balaban J connectivity index is 2.03. The van der Waals surface area contributed by atoms with E-state index in [2.05, 4.69) is 16.0 Å². The first-order valence-electron chi connectivity index (χ1n) is 7.86. The molecule has 1 heterocycles. The lowest BCUT2D eigenvalue weighted by Crippen LogP contribution is -2.64. The molecule has 0 aliphatic carbocycles. The summed E-state index contributed by atoms with van der Waals surface area (Å²) in [6.45, 7) is 5.64. The first-order valence-corrected chi connectivity index (χ1v) is 7.86. The standard InChI is InChI=1S/C17H23N3O4/c1-17(2,3)24-16(23)20-12(9-11-7-5-4-6-8-11)15(22)19-13-10-18-14(13)21/h4-8,12-13H,9-10H2,1-3H3,(H,18,21)(H,19,22)(H,20,23)/t12-,13-/m0/s1. The summed E-state index contributed by atoms with van der Waals surface area (Å²) in [6.07, 6.45) is -0.364. The maximum absolute atomic E-state index is 12.4. The Morgan fingerprint density at radius 3 is 2.46 bits per heavy atom. The molecule has 3 amide bonds.